The molecule has 0 bridgehead atoms. The largest absolute Gasteiger partial charge is 0.495 e. The number of nitrogens with zero attached hydrogens (tertiary/aromatic N) is 2. The normalized spacial score (nSPS) is 11.0. The van der Waals surface area contributed by atoms with Gasteiger partial charge in [-0.15, -0.1) is 11.3 Å². The Hall–Kier alpha value is -1.72. The molecule has 3 nitrogen and oxygen atoms in total. The number of rotatable bonds is 2. The van der Waals surface area contributed by atoms with Crippen LogP contribution in [0.3, 0.4) is 0 Å². The maximum atomic E-state index is 13.7. The van der Waals surface area contributed by atoms with Crippen molar-refractivity contribution < 1.29 is 9.13 Å². The second-order valence-corrected chi connectivity index (χ2v) is 5.50. The summed E-state index contributed by atoms with van der Waals surface area (Å²) >= 11 is 7.64. The van der Waals surface area contributed by atoms with Gasteiger partial charge in [0.05, 0.1) is 12.6 Å². The van der Waals surface area contributed by atoms with Gasteiger partial charge in [-0.3, -0.25) is 0 Å². The Balaban J connectivity index is 2.31. The highest BCUT2D eigenvalue weighted by Gasteiger charge is 2.15. The number of hydrogen-bond donors (Lipinski definition) is 0. The van der Waals surface area contributed by atoms with Crippen LogP contribution in [0.25, 0.3) is 21.6 Å². The number of aromatic nitrogens is 2. The van der Waals surface area contributed by atoms with Gasteiger partial charge in [0.25, 0.3) is 0 Å². The number of methoxy groups -OCH3 is 1. The lowest BCUT2D eigenvalue weighted by atomic mass is 10.1. The third-order valence-electron chi connectivity index (χ3n) is 3.06. The maximum absolute atomic E-state index is 13.7. The van der Waals surface area contributed by atoms with Crippen LogP contribution in [0.5, 0.6) is 5.75 Å². The summed E-state index contributed by atoms with van der Waals surface area (Å²) in [5, 5.41) is 2.84. The summed E-state index contributed by atoms with van der Waals surface area (Å²) in [4.78, 5) is 9.51. The molecule has 0 saturated carbocycles. The van der Waals surface area contributed by atoms with E-state index < -0.39 is 0 Å². The van der Waals surface area contributed by atoms with Gasteiger partial charge in [-0.25, -0.2) is 14.4 Å². The van der Waals surface area contributed by atoms with Gasteiger partial charge in [0, 0.05) is 10.9 Å². The Kier molecular flexibility index (Phi) is 3.31. The predicted octanol–water partition coefficient (Wildman–Crippen LogP) is 4.47. The molecule has 6 heteroatoms. The molecule has 3 rings (SSSR count). The fourth-order valence-electron chi connectivity index (χ4n) is 1.99. The zero-order valence-corrected chi connectivity index (χ0v) is 12.3. The summed E-state index contributed by atoms with van der Waals surface area (Å²) in [6, 6.07) is 4.80. The highest BCUT2D eigenvalue weighted by Crippen LogP contribution is 2.35. The predicted molar refractivity (Wildman–Crippen MR) is 79.1 cm³/mol. The molecule has 1 aromatic carbocycles. The molecule has 0 spiro atoms. The fraction of sp³-hybridized carbons (Fsp3) is 0.143. The number of aryl methyl sites for hydroxylation is 1. The molecule has 0 saturated heterocycles. The molecule has 0 fully saturated rings. The number of ether oxygens (including phenoxy) is 1. The van der Waals surface area contributed by atoms with E-state index in [4.69, 9.17) is 16.3 Å². The number of halogens is 2. The highest BCUT2D eigenvalue weighted by molar-refractivity contribution is 7.13. The Morgan fingerprint density at radius 1 is 1.25 bits per heavy atom. The molecule has 102 valence electrons. The van der Waals surface area contributed by atoms with E-state index in [-0.39, 0.29) is 5.82 Å². The fourth-order valence-corrected chi connectivity index (χ4v) is 3.02. The Bertz CT molecular complexity index is 803. The van der Waals surface area contributed by atoms with Crippen LogP contribution in [-0.2, 0) is 0 Å². The van der Waals surface area contributed by atoms with Crippen molar-refractivity contribution in [2.75, 3.05) is 7.11 Å². The third kappa shape index (κ3) is 2.03. The lowest BCUT2D eigenvalue weighted by Gasteiger charge is -2.07. The van der Waals surface area contributed by atoms with E-state index in [2.05, 4.69) is 9.97 Å². The first-order valence-electron chi connectivity index (χ1n) is 5.86. The van der Waals surface area contributed by atoms with E-state index in [1.807, 2.05) is 11.4 Å². The quantitative estimate of drug-likeness (QED) is 0.655. The van der Waals surface area contributed by atoms with Crippen LogP contribution < -0.4 is 4.74 Å². The molecule has 0 aliphatic rings. The summed E-state index contributed by atoms with van der Waals surface area (Å²) in [6.07, 6.45) is 0. The zero-order chi connectivity index (χ0) is 14.3. The van der Waals surface area contributed by atoms with E-state index in [1.54, 1.807) is 20.1 Å². The number of thiophene rings is 1. The Morgan fingerprint density at radius 3 is 2.80 bits per heavy atom. The third-order valence-corrected chi connectivity index (χ3v) is 4.24. The van der Waals surface area contributed by atoms with E-state index >= 15 is 0 Å². The van der Waals surface area contributed by atoms with Gasteiger partial charge in [0.1, 0.15) is 21.6 Å². The average Bonchev–Trinajstić information content (AvgIpc) is 2.91. The first kappa shape index (κ1) is 13.3. The van der Waals surface area contributed by atoms with E-state index in [0.29, 0.717) is 33.2 Å². The summed E-state index contributed by atoms with van der Waals surface area (Å²) in [6.45, 7) is 1.68. The summed E-state index contributed by atoms with van der Waals surface area (Å²) in [7, 11) is 1.58. The summed E-state index contributed by atoms with van der Waals surface area (Å²) < 4.78 is 18.9. The monoisotopic (exact) mass is 308 g/mol. The lowest BCUT2D eigenvalue weighted by molar-refractivity contribution is 0.418. The van der Waals surface area contributed by atoms with Crippen molar-refractivity contribution in [3.8, 4) is 16.5 Å². The molecule has 2 heterocycles. The van der Waals surface area contributed by atoms with Gasteiger partial charge in [-0.2, -0.15) is 0 Å². The van der Waals surface area contributed by atoms with E-state index in [0.717, 1.165) is 4.88 Å². The van der Waals surface area contributed by atoms with Crippen molar-refractivity contribution >= 4 is 33.8 Å². The van der Waals surface area contributed by atoms with Gasteiger partial charge < -0.3 is 4.74 Å². The number of hydrogen-bond acceptors (Lipinski definition) is 4. The van der Waals surface area contributed by atoms with Crippen molar-refractivity contribution in [1.82, 2.24) is 9.97 Å². The van der Waals surface area contributed by atoms with Crippen LogP contribution in [0.4, 0.5) is 4.39 Å². The van der Waals surface area contributed by atoms with Crippen LogP contribution in [0.1, 0.15) is 5.56 Å². The molecule has 0 aliphatic carbocycles. The smallest absolute Gasteiger partial charge is 0.175 e. The van der Waals surface area contributed by atoms with Crippen LogP contribution in [0.2, 0.25) is 5.15 Å². The molecule has 20 heavy (non-hydrogen) atoms. The molecule has 0 amide bonds. The van der Waals surface area contributed by atoms with E-state index in [9.17, 15) is 4.39 Å². The number of benzene rings is 1. The Morgan fingerprint density at radius 2 is 2.05 bits per heavy atom. The van der Waals surface area contributed by atoms with Crippen LogP contribution in [0, 0.1) is 12.7 Å². The van der Waals surface area contributed by atoms with E-state index in [1.165, 1.54) is 17.4 Å². The molecule has 0 N–H and O–H groups in total. The van der Waals surface area contributed by atoms with Crippen molar-refractivity contribution in [3.63, 3.8) is 0 Å². The molecule has 3 aromatic rings. The molecular formula is C14H10ClFN2OS. The lowest BCUT2D eigenvalue weighted by Crippen LogP contribution is -1.95. The number of fused-ring (bicyclic) bond motifs is 1. The second kappa shape index (κ2) is 5.00. The standard InChI is InChI=1S/C14H10ClFN2OS/c1-7-9(16)4-3-8-11(7)17-14(18-13(8)15)12-10(19-2)5-6-20-12/h3-6H,1-2H3. The van der Waals surface area contributed by atoms with Crippen LogP contribution in [0.15, 0.2) is 23.6 Å². The van der Waals surface area contributed by atoms with Gasteiger partial charge >= 0.3 is 0 Å². The first-order valence-corrected chi connectivity index (χ1v) is 7.11. The summed E-state index contributed by atoms with van der Waals surface area (Å²) in [5.74, 6) is 0.818. The van der Waals surface area contributed by atoms with Gasteiger partial charge in [-0.05, 0) is 30.5 Å². The molecule has 2 aromatic heterocycles. The average molecular weight is 309 g/mol. The first-order chi connectivity index (χ1) is 9.61. The molecule has 0 atom stereocenters. The molecule has 0 aliphatic heterocycles. The maximum Gasteiger partial charge on any atom is 0.175 e. The molecule has 0 unspecified atom stereocenters. The van der Waals surface area contributed by atoms with Crippen molar-refractivity contribution in [3.05, 3.63) is 40.1 Å². The Labute approximate surface area is 124 Å². The highest BCUT2D eigenvalue weighted by atomic mass is 35.5. The minimum absolute atomic E-state index is 0.309. The molecule has 0 radical (unpaired) electrons. The minimum Gasteiger partial charge on any atom is -0.495 e. The second-order valence-electron chi connectivity index (χ2n) is 4.22. The van der Waals surface area contributed by atoms with Crippen LogP contribution in [-0.4, -0.2) is 17.1 Å². The topological polar surface area (TPSA) is 35.0 Å². The van der Waals surface area contributed by atoms with Gasteiger partial charge in [0.15, 0.2) is 5.82 Å². The molecular weight excluding hydrogens is 299 g/mol. The summed E-state index contributed by atoms with van der Waals surface area (Å²) in [5.41, 5.74) is 0.985. The minimum atomic E-state index is -0.309. The van der Waals surface area contributed by atoms with Crippen molar-refractivity contribution in [2.45, 2.75) is 6.92 Å². The zero-order valence-electron chi connectivity index (χ0n) is 10.8. The van der Waals surface area contributed by atoms with Gasteiger partial charge in [-0.1, -0.05) is 11.6 Å². The van der Waals surface area contributed by atoms with Gasteiger partial charge in [0.2, 0.25) is 0 Å². The van der Waals surface area contributed by atoms with Crippen molar-refractivity contribution in [2.24, 2.45) is 0 Å². The van der Waals surface area contributed by atoms with Crippen molar-refractivity contribution in [1.29, 1.82) is 0 Å². The SMILES string of the molecule is COc1ccsc1-c1nc(Cl)c2ccc(F)c(C)c2n1. The van der Waals surface area contributed by atoms with Crippen LogP contribution >= 0.6 is 22.9 Å².